The highest BCUT2D eigenvalue weighted by atomic mass is 79.9. The molecule has 1 heterocycles. The summed E-state index contributed by atoms with van der Waals surface area (Å²) in [6.07, 6.45) is 0. The second-order valence-corrected chi connectivity index (χ2v) is 8.23. The predicted octanol–water partition coefficient (Wildman–Crippen LogP) is 3.47. The molecule has 1 atom stereocenters. The van der Waals surface area contributed by atoms with E-state index in [2.05, 4.69) is 15.9 Å². The zero-order valence-electron chi connectivity index (χ0n) is 11.1. The number of nitrogens with two attached hydrogens (primary N) is 1. The van der Waals surface area contributed by atoms with Crippen LogP contribution in [0.5, 0.6) is 0 Å². The van der Waals surface area contributed by atoms with E-state index in [9.17, 15) is 8.42 Å². The van der Waals surface area contributed by atoms with Gasteiger partial charge in [0.1, 0.15) is 0 Å². The molecule has 0 bridgehead atoms. The summed E-state index contributed by atoms with van der Waals surface area (Å²) < 4.78 is 27.2. The standard InChI is InChI=1S/C13H15BrN2O2S2/c1-9(13-4-3-7-19-13)16(2)20(17,18)10-5-6-12(15)11(14)8-10/h3-9H,15H2,1-2H3. The minimum Gasteiger partial charge on any atom is -0.398 e. The molecule has 0 aliphatic rings. The summed E-state index contributed by atoms with van der Waals surface area (Å²) in [5, 5.41) is 1.94. The Morgan fingerprint density at radius 1 is 1.35 bits per heavy atom. The molecule has 0 radical (unpaired) electrons. The van der Waals surface area contributed by atoms with Crippen LogP contribution in [-0.4, -0.2) is 19.8 Å². The highest BCUT2D eigenvalue weighted by Gasteiger charge is 2.27. The van der Waals surface area contributed by atoms with Gasteiger partial charge in [-0.2, -0.15) is 4.31 Å². The summed E-state index contributed by atoms with van der Waals surface area (Å²) in [6, 6.07) is 8.27. The molecule has 4 nitrogen and oxygen atoms in total. The van der Waals surface area contributed by atoms with Crippen molar-refractivity contribution in [3.05, 3.63) is 45.1 Å². The molecule has 0 aliphatic heterocycles. The van der Waals surface area contributed by atoms with Crippen molar-refractivity contribution in [3.63, 3.8) is 0 Å². The van der Waals surface area contributed by atoms with Crippen LogP contribution in [0.1, 0.15) is 17.8 Å². The summed E-state index contributed by atoms with van der Waals surface area (Å²) in [6.45, 7) is 1.87. The molecule has 0 spiro atoms. The Morgan fingerprint density at radius 2 is 2.05 bits per heavy atom. The van der Waals surface area contributed by atoms with E-state index in [0.717, 1.165) is 4.88 Å². The Hall–Kier alpha value is -0.890. The van der Waals surface area contributed by atoms with Gasteiger partial charge in [0.15, 0.2) is 0 Å². The number of nitrogens with zero attached hydrogens (tertiary/aromatic N) is 1. The van der Waals surface area contributed by atoms with Gasteiger partial charge in [0.25, 0.3) is 0 Å². The van der Waals surface area contributed by atoms with Gasteiger partial charge in [-0.05, 0) is 52.5 Å². The minimum atomic E-state index is -3.55. The normalized spacial score (nSPS) is 13.6. The first-order valence-corrected chi connectivity index (χ1v) is 9.02. The van der Waals surface area contributed by atoms with Gasteiger partial charge >= 0.3 is 0 Å². The van der Waals surface area contributed by atoms with Gasteiger partial charge in [-0.3, -0.25) is 0 Å². The summed E-state index contributed by atoms with van der Waals surface area (Å²) in [4.78, 5) is 1.23. The highest BCUT2D eigenvalue weighted by Crippen LogP contribution is 2.30. The van der Waals surface area contributed by atoms with E-state index in [1.54, 1.807) is 24.5 Å². The Kier molecular flexibility index (Phi) is 4.53. The lowest BCUT2D eigenvalue weighted by Gasteiger charge is -2.23. The lowest BCUT2D eigenvalue weighted by Crippen LogP contribution is -2.29. The van der Waals surface area contributed by atoms with Crippen LogP contribution in [-0.2, 0) is 10.0 Å². The lowest BCUT2D eigenvalue weighted by molar-refractivity contribution is 0.403. The number of rotatable bonds is 4. The number of hydrogen-bond acceptors (Lipinski definition) is 4. The van der Waals surface area contributed by atoms with E-state index >= 15 is 0 Å². The minimum absolute atomic E-state index is 0.212. The smallest absolute Gasteiger partial charge is 0.243 e. The molecule has 108 valence electrons. The Balaban J connectivity index is 2.36. The zero-order chi connectivity index (χ0) is 14.9. The molecule has 2 N–H and O–H groups in total. The van der Waals surface area contributed by atoms with Crippen molar-refractivity contribution < 1.29 is 8.42 Å². The molecule has 7 heteroatoms. The first kappa shape index (κ1) is 15.5. The molecule has 0 saturated carbocycles. The third kappa shape index (κ3) is 2.90. The number of hydrogen-bond donors (Lipinski definition) is 1. The van der Waals surface area contributed by atoms with Gasteiger partial charge in [0.05, 0.1) is 10.9 Å². The third-order valence-corrected chi connectivity index (χ3v) is 6.80. The lowest BCUT2D eigenvalue weighted by atomic mass is 10.3. The van der Waals surface area contributed by atoms with Gasteiger partial charge in [-0.1, -0.05) is 6.07 Å². The quantitative estimate of drug-likeness (QED) is 0.833. The van der Waals surface area contributed by atoms with E-state index in [4.69, 9.17) is 5.73 Å². The Morgan fingerprint density at radius 3 is 2.60 bits per heavy atom. The van der Waals surface area contributed by atoms with Crippen LogP contribution in [0.3, 0.4) is 0 Å². The molecule has 2 rings (SSSR count). The van der Waals surface area contributed by atoms with Crippen molar-refractivity contribution in [2.45, 2.75) is 17.9 Å². The SMILES string of the molecule is CC(c1cccs1)N(C)S(=O)(=O)c1ccc(N)c(Br)c1. The predicted molar refractivity (Wildman–Crippen MR) is 86.2 cm³/mol. The maximum atomic E-state index is 12.6. The molecule has 0 amide bonds. The largest absolute Gasteiger partial charge is 0.398 e. The number of halogens is 1. The van der Waals surface area contributed by atoms with Crippen LogP contribution in [0.15, 0.2) is 45.1 Å². The fourth-order valence-electron chi connectivity index (χ4n) is 1.75. The van der Waals surface area contributed by atoms with Crippen LogP contribution in [0.2, 0.25) is 0 Å². The maximum absolute atomic E-state index is 12.6. The van der Waals surface area contributed by atoms with Crippen LogP contribution in [0, 0.1) is 0 Å². The van der Waals surface area contributed by atoms with Gasteiger partial charge in [-0.25, -0.2) is 8.42 Å². The summed E-state index contributed by atoms with van der Waals surface area (Å²) >= 11 is 4.80. The molecule has 1 aromatic heterocycles. The van der Waals surface area contributed by atoms with Gasteiger partial charge in [0, 0.05) is 22.1 Å². The zero-order valence-corrected chi connectivity index (χ0v) is 14.3. The Bertz CT molecular complexity index is 699. The first-order chi connectivity index (χ1) is 9.34. The number of anilines is 1. The molecule has 0 aliphatic carbocycles. The Labute approximate surface area is 131 Å². The molecule has 0 saturated heterocycles. The molecule has 2 aromatic rings. The van der Waals surface area contributed by atoms with Gasteiger partial charge in [-0.15, -0.1) is 11.3 Å². The molecule has 20 heavy (non-hydrogen) atoms. The average molecular weight is 375 g/mol. The number of sulfonamides is 1. The molecule has 0 fully saturated rings. The second kappa shape index (κ2) is 5.85. The van der Waals surface area contributed by atoms with E-state index < -0.39 is 10.0 Å². The second-order valence-electron chi connectivity index (χ2n) is 4.40. The molecular weight excluding hydrogens is 360 g/mol. The first-order valence-electron chi connectivity index (χ1n) is 5.90. The van der Waals surface area contributed by atoms with E-state index in [0.29, 0.717) is 10.2 Å². The number of benzene rings is 1. The van der Waals surface area contributed by atoms with Crippen molar-refractivity contribution in [2.24, 2.45) is 0 Å². The third-order valence-electron chi connectivity index (χ3n) is 3.15. The summed E-state index contributed by atoms with van der Waals surface area (Å²) in [5.74, 6) is 0. The molecular formula is C13H15BrN2O2S2. The fraction of sp³-hybridized carbons (Fsp3) is 0.231. The van der Waals surface area contributed by atoms with Crippen molar-refractivity contribution in [3.8, 4) is 0 Å². The fourth-order valence-corrected chi connectivity index (χ4v) is 4.54. The van der Waals surface area contributed by atoms with Crippen molar-refractivity contribution >= 4 is 43.0 Å². The van der Waals surface area contributed by atoms with Crippen molar-refractivity contribution in [2.75, 3.05) is 12.8 Å². The average Bonchev–Trinajstić information content (AvgIpc) is 2.94. The molecule has 1 unspecified atom stereocenters. The van der Waals surface area contributed by atoms with Crippen LogP contribution >= 0.6 is 27.3 Å². The number of thiophene rings is 1. The number of nitrogen functional groups attached to an aromatic ring is 1. The van der Waals surface area contributed by atoms with E-state index in [1.807, 2.05) is 24.4 Å². The highest BCUT2D eigenvalue weighted by molar-refractivity contribution is 9.10. The van der Waals surface area contributed by atoms with Gasteiger partial charge < -0.3 is 5.73 Å². The monoisotopic (exact) mass is 374 g/mol. The van der Waals surface area contributed by atoms with Crippen LogP contribution in [0.25, 0.3) is 0 Å². The van der Waals surface area contributed by atoms with Crippen molar-refractivity contribution in [1.29, 1.82) is 0 Å². The maximum Gasteiger partial charge on any atom is 0.243 e. The molecule has 1 aromatic carbocycles. The van der Waals surface area contributed by atoms with Crippen molar-refractivity contribution in [1.82, 2.24) is 4.31 Å². The summed E-state index contributed by atoms with van der Waals surface area (Å²) in [7, 11) is -1.96. The van der Waals surface area contributed by atoms with E-state index in [-0.39, 0.29) is 10.9 Å². The topological polar surface area (TPSA) is 63.4 Å². The van der Waals surface area contributed by atoms with Gasteiger partial charge in [0.2, 0.25) is 10.0 Å². The van der Waals surface area contributed by atoms with Crippen LogP contribution in [0.4, 0.5) is 5.69 Å². The summed E-state index contributed by atoms with van der Waals surface area (Å²) in [5.41, 5.74) is 6.20. The van der Waals surface area contributed by atoms with E-state index in [1.165, 1.54) is 16.4 Å². The van der Waals surface area contributed by atoms with Crippen LogP contribution < -0.4 is 5.73 Å².